The van der Waals surface area contributed by atoms with Crippen molar-refractivity contribution in [2.75, 3.05) is 6.61 Å². The molecule has 1 aromatic heterocycles. The van der Waals surface area contributed by atoms with Crippen molar-refractivity contribution >= 4 is 16.8 Å². The lowest BCUT2D eigenvalue weighted by molar-refractivity contribution is -0.125. The highest BCUT2D eigenvalue weighted by Crippen LogP contribution is 2.45. The van der Waals surface area contributed by atoms with Gasteiger partial charge in [0, 0.05) is 17.5 Å². The Bertz CT molecular complexity index is 1010. The molecule has 4 nitrogen and oxygen atoms in total. The molecule has 0 atom stereocenters. The third kappa shape index (κ3) is 3.19. The van der Waals surface area contributed by atoms with Crippen LogP contribution in [0.2, 0.25) is 0 Å². The number of hydrogen-bond donors (Lipinski definition) is 3. The van der Waals surface area contributed by atoms with Gasteiger partial charge in [-0.3, -0.25) is 4.79 Å². The quantitative estimate of drug-likeness (QED) is 0.653. The van der Waals surface area contributed by atoms with Crippen LogP contribution in [0, 0.1) is 17.5 Å². The van der Waals surface area contributed by atoms with Gasteiger partial charge in [0.1, 0.15) is 24.1 Å². The summed E-state index contributed by atoms with van der Waals surface area (Å²) >= 11 is 0. The molecule has 27 heavy (non-hydrogen) atoms. The zero-order valence-electron chi connectivity index (χ0n) is 14.2. The van der Waals surface area contributed by atoms with Crippen LogP contribution in [-0.4, -0.2) is 28.6 Å². The average molecular weight is 374 g/mol. The zero-order chi connectivity index (χ0) is 19.1. The lowest BCUT2D eigenvalue weighted by atomic mass is 9.74. The minimum absolute atomic E-state index is 0.0241. The SMILES string of the molecule is O=C(CO)NC1CC(c2c(-c3ccc(F)cc3)[nH]c3c(F)cc(F)cc23)C1. The third-order valence-corrected chi connectivity index (χ3v) is 5.05. The zero-order valence-corrected chi connectivity index (χ0v) is 14.2. The monoisotopic (exact) mass is 374 g/mol. The van der Waals surface area contributed by atoms with Crippen molar-refractivity contribution in [3.63, 3.8) is 0 Å². The van der Waals surface area contributed by atoms with Gasteiger partial charge in [0.25, 0.3) is 0 Å². The van der Waals surface area contributed by atoms with Gasteiger partial charge in [0.2, 0.25) is 5.91 Å². The molecular weight excluding hydrogens is 357 g/mol. The predicted molar refractivity (Wildman–Crippen MR) is 94.6 cm³/mol. The molecule has 0 spiro atoms. The summed E-state index contributed by atoms with van der Waals surface area (Å²) in [7, 11) is 0. The van der Waals surface area contributed by atoms with Gasteiger partial charge in [0.15, 0.2) is 0 Å². The molecule has 0 bridgehead atoms. The van der Waals surface area contributed by atoms with E-state index in [-0.39, 0.29) is 23.3 Å². The lowest BCUT2D eigenvalue weighted by Crippen LogP contribution is -2.44. The number of halogens is 3. The number of carbonyl (C=O) groups is 1. The summed E-state index contributed by atoms with van der Waals surface area (Å²) in [6, 6.07) is 7.81. The second-order valence-electron chi connectivity index (χ2n) is 6.82. The number of benzene rings is 2. The molecule has 1 saturated carbocycles. The molecule has 0 aliphatic heterocycles. The summed E-state index contributed by atoms with van der Waals surface area (Å²) < 4.78 is 41.4. The Balaban J connectivity index is 1.77. The highest BCUT2D eigenvalue weighted by molar-refractivity contribution is 5.92. The van der Waals surface area contributed by atoms with Crippen molar-refractivity contribution in [2.24, 2.45) is 0 Å². The van der Waals surface area contributed by atoms with Crippen LogP contribution >= 0.6 is 0 Å². The number of hydrogen-bond acceptors (Lipinski definition) is 2. The molecule has 2 aromatic carbocycles. The van der Waals surface area contributed by atoms with Crippen LogP contribution in [0.15, 0.2) is 36.4 Å². The Hall–Kier alpha value is -2.80. The maximum atomic E-state index is 14.3. The number of aromatic amines is 1. The number of carbonyl (C=O) groups excluding carboxylic acids is 1. The average Bonchev–Trinajstić information content (AvgIpc) is 2.97. The number of nitrogens with one attached hydrogen (secondary N) is 2. The van der Waals surface area contributed by atoms with Crippen molar-refractivity contribution in [1.29, 1.82) is 0 Å². The van der Waals surface area contributed by atoms with Crippen LogP contribution in [-0.2, 0) is 4.79 Å². The standard InChI is InChI=1S/C20H17F3N2O2/c21-12-3-1-10(2-4-12)19-18(11-5-14(6-11)24-17(27)9-26)15-7-13(22)8-16(23)20(15)25-19/h1-4,7-8,11,14,25-26H,5-6,9H2,(H,24,27). The summed E-state index contributed by atoms with van der Waals surface area (Å²) in [5.41, 5.74) is 2.25. The normalized spacial score (nSPS) is 19.1. The van der Waals surface area contributed by atoms with E-state index in [2.05, 4.69) is 10.3 Å². The minimum Gasteiger partial charge on any atom is -0.387 e. The van der Waals surface area contributed by atoms with E-state index >= 15 is 0 Å². The van der Waals surface area contributed by atoms with Gasteiger partial charge >= 0.3 is 0 Å². The van der Waals surface area contributed by atoms with Gasteiger partial charge in [-0.1, -0.05) is 0 Å². The molecule has 1 aliphatic carbocycles. The summed E-state index contributed by atoms with van der Waals surface area (Å²) in [4.78, 5) is 14.3. The fraction of sp³-hybridized carbons (Fsp3) is 0.250. The number of aromatic nitrogens is 1. The predicted octanol–water partition coefficient (Wildman–Crippen LogP) is 3.61. The Morgan fingerprint density at radius 2 is 1.81 bits per heavy atom. The molecule has 3 N–H and O–H groups in total. The van der Waals surface area contributed by atoms with Gasteiger partial charge < -0.3 is 15.4 Å². The fourth-order valence-electron chi connectivity index (χ4n) is 3.75. The van der Waals surface area contributed by atoms with E-state index in [4.69, 9.17) is 5.11 Å². The molecule has 0 radical (unpaired) electrons. The Morgan fingerprint density at radius 1 is 1.11 bits per heavy atom. The summed E-state index contributed by atoms with van der Waals surface area (Å²) in [5.74, 6) is -2.22. The molecule has 0 saturated heterocycles. The molecule has 1 heterocycles. The van der Waals surface area contributed by atoms with Crippen LogP contribution < -0.4 is 5.32 Å². The minimum atomic E-state index is -0.691. The Morgan fingerprint density at radius 3 is 2.48 bits per heavy atom. The van der Waals surface area contributed by atoms with E-state index < -0.39 is 24.1 Å². The number of rotatable bonds is 4. The lowest BCUT2D eigenvalue weighted by Gasteiger charge is -2.36. The third-order valence-electron chi connectivity index (χ3n) is 5.05. The first-order valence-corrected chi connectivity index (χ1v) is 8.63. The maximum absolute atomic E-state index is 14.3. The van der Waals surface area contributed by atoms with E-state index in [1.807, 2.05) is 0 Å². The molecule has 0 unspecified atom stereocenters. The second kappa shape index (κ2) is 6.74. The highest BCUT2D eigenvalue weighted by atomic mass is 19.1. The van der Waals surface area contributed by atoms with Crippen LogP contribution in [0.4, 0.5) is 13.2 Å². The van der Waals surface area contributed by atoms with Crippen molar-refractivity contribution in [3.8, 4) is 11.3 Å². The van der Waals surface area contributed by atoms with Crippen molar-refractivity contribution in [3.05, 3.63) is 59.4 Å². The number of fused-ring (bicyclic) bond motifs is 1. The van der Waals surface area contributed by atoms with Gasteiger partial charge in [-0.2, -0.15) is 0 Å². The van der Waals surface area contributed by atoms with E-state index in [0.717, 1.165) is 11.6 Å². The topological polar surface area (TPSA) is 65.1 Å². The van der Waals surface area contributed by atoms with Gasteiger partial charge in [-0.25, -0.2) is 13.2 Å². The summed E-state index contributed by atoms with van der Waals surface area (Å²) in [6.45, 7) is -0.578. The van der Waals surface area contributed by atoms with Crippen LogP contribution in [0.3, 0.4) is 0 Å². The molecular formula is C20H17F3N2O2. The first-order chi connectivity index (χ1) is 13.0. The first kappa shape index (κ1) is 17.6. The molecule has 7 heteroatoms. The van der Waals surface area contributed by atoms with Crippen molar-refractivity contribution < 1.29 is 23.1 Å². The molecule has 4 rings (SSSR count). The smallest absolute Gasteiger partial charge is 0.245 e. The Labute approximate surface area is 153 Å². The number of amides is 1. The van der Waals surface area contributed by atoms with Gasteiger partial charge in [-0.15, -0.1) is 0 Å². The van der Waals surface area contributed by atoms with E-state index in [9.17, 15) is 18.0 Å². The number of aliphatic hydroxyl groups is 1. The number of H-pyrrole nitrogens is 1. The van der Waals surface area contributed by atoms with Gasteiger partial charge in [-0.05, 0) is 60.2 Å². The fourth-order valence-corrected chi connectivity index (χ4v) is 3.75. The molecule has 1 fully saturated rings. The van der Waals surface area contributed by atoms with Gasteiger partial charge in [0.05, 0.1) is 11.2 Å². The largest absolute Gasteiger partial charge is 0.387 e. The molecule has 1 aliphatic rings. The van der Waals surface area contributed by atoms with Crippen LogP contribution in [0.5, 0.6) is 0 Å². The van der Waals surface area contributed by atoms with Crippen LogP contribution in [0.1, 0.15) is 24.3 Å². The summed E-state index contributed by atoms with van der Waals surface area (Å²) in [6.07, 6.45) is 1.18. The maximum Gasteiger partial charge on any atom is 0.245 e. The van der Waals surface area contributed by atoms with Crippen molar-refractivity contribution in [2.45, 2.75) is 24.8 Å². The first-order valence-electron chi connectivity index (χ1n) is 8.63. The van der Waals surface area contributed by atoms with E-state index in [1.165, 1.54) is 18.2 Å². The highest BCUT2D eigenvalue weighted by Gasteiger charge is 2.35. The van der Waals surface area contributed by atoms with Crippen molar-refractivity contribution in [1.82, 2.24) is 10.3 Å². The second-order valence-corrected chi connectivity index (χ2v) is 6.82. The summed E-state index contributed by atoms with van der Waals surface area (Å²) in [5, 5.41) is 12.0. The van der Waals surface area contributed by atoms with E-state index in [0.29, 0.717) is 29.5 Å². The van der Waals surface area contributed by atoms with Crippen LogP contribution in [0.25, 0.3) is 22.2 Å². The van der Waals surface area contributed by atoms with E-state index in [1.54, 1.807) is 12.1 Å². The molecule has 3 aromatic rings. The Kier molecular flexibility index (Phi) is 4.39. The number of aliphatic hydroxyl groups excluding tert-OH is 1. The molecule has 1 amide bonds. The molecule has 140 valence electrons.